The summed E-state index contributed by atoms with van der Waals surface area (Å²) in [5.41, 5.74) is 7.19. The second-order valence-corrected chi connectivity index (χ2v) is 11.4. The number of fused-ring (bicyclic) bond motifs is 2. The molecule has 9 heteroatoms. The third-order valence-electron chi connectivity index (χ3n) is 7.93. The Hall–Kier alpha value is -4.34. The molecule has 1 fully saturated rings. The molecule has 2 aliphatic heterocycles. The number of benzene rings is 2. The number of thiophene rings is 1. The van der Waals surface area contributed by atoms with Crippen LogP contribution in [-0.2, 0) is 17.6 Å². The second-order valence-electron chi connectivity index (χ2n) is 10.5. The molecule has 6 rings (SSSR count). The first-order chi connectivity index (χ1) is 20.5. The van der Waals surface area contributed by atoms with Crippen LogP contribution < -0.4 is 15.4 Å². The van der Waals surface area contributed by atoms with Gasteiger partial charge in [-0.3, -0.25) is 4.79 Å². The summed E-state index contributed by atoms with van der Waals surface area (Å²) in [5, 5.41) is 18.3. The Balaban J connectivity index is 1.51. The Morgan fingerprint density at radius 1 is 1.19 bits per heavy atom. The molecule has 3 N–H and O–H groups in total. The Morgan fingerprint density at radius 3 is 2.76 bits per heavy atom. The van der Waals surface area contributed by atoms with E-state index in [1.807, 2.05) is 5.38 Å². The van der Waals surface area contributed by atoms with Crippen molar-refractivity contribution < 1.29 is 13.9 Å². The largest absolute Gasteiger partial charge is 0.496 e. The van der Waals surface area contributed by atoms with Gasteiger partial charge in [-0.05, 0) is 72.8 Å². The van der Waals surface area contributed by atoms with Gasteiger partial charge in [-0.15, -0.1) is 11.3 Å². The van der Waals surface area contributed by atoms with E-state index in [9.17, 15) is 9.18 Å². The standard InChI is InChI=1S/C33H32FN5O2S/c1-3-29(40)39-18-25(19-39)37-17-23(16-35)32-30(26-7-6-24(34)15-28(26)41-2)33-27(10-13-42-33)31(38-32)22-5-4-20-8-11-36-12-9-21(20)14-22/h3-7,10,13-17,25,35-37H,1,8-9,11-12,18-19H2,2H3/b23-17+,35-16?. The topological polar surface area (TPSA) is 90.3 Å². The number of halogens is 1. The predicted molar refractivity (Wildman–Crippen MR) is 168 cm³/mol. The van der Waals surface area contributed by atoms with Crippen molar-refractivity contribution in [1.29, 1.82) is 5.41 Å². The van der Waals surface area contributed by atoms with E-state index in [0.717, 1.165) is 52.8 Å². The Morgan fingerprint density at radius 2 is 2.00 bits per heavy atom. The lowest BCUT2D eigenvalue weighted by atomic mass is 9.93. The van der Waals surface area contributed by atoms with Crippen molar-refractivity contribution in [1.82, 2.24) is 20.5 Å². The van der Waals surface area contributed by atoms with E-state index >= 15 is 0 Å². The van der Waals surface area contributed by atoms with Gasteiger partial charge in [0.2, 0.25) is 5.91 Å². The summed E-state index contributed by atoms with van der Waals surface area (Å²) >= 11 is 1.59. The molecule has 0 unspecified atom stereocenters. The maximum atomic E-state index is 14.3. The van der Waals surface area contributed by atoms with Gasteiger partial charge in [-0.2, -0.15) is 0 Å². The number of likely N-dealkylation sites (tertiary alicyclic amines) is 1. The second kappa shape index (κ2) is 11.9. The number of carbonyl (C=O) groups excluding carboxylic acids is 1. The molecule has 0 bridgehead atoms. The first kappa shape index (κ1) is 27.8. The summed E-state index contributed by atoms with van der Waals surface area (Å²) < 4.78 is 20.9. The van der Waals surface area contributed by atoms with Crippen molar-refractivity contribution in [3.63, 3.8) is 0 Å². The molecule has 2 aromatic carbocycles. The number of nitrogens with zero attached hydrogens (tertiary/aromatic N) is 2. The van der Waals surface area contributed by atoms with Gasteiger partial charge in [0.05, 0.1) is 24.5 Å². The third kappa shape index (κ3) is 5.21. The van der Waals surface area contributed by atoms with Gasteiger partial charge in [0.15, 0.2) is 0 Å². The van der Waals surface area contributed by atoms with Crippen LogP contribution in [0.3, 0.4) is 0 Å². The molecule has 42 heavy (non-hydrogen) atoms. The number of pyridine rings is 1. The molecule has 1 saturated heterocycles. The van der Waals surface area contributed by atoms with Crippen LogP contribution in [0, 0.1) is 11.2 Å². The van der Waals surface area contributed by atoms with Crippen molar-refractivity contribution in [3.8, 4) is 28.1 Å². The summed E-state index contributed by atoms with van der Waals surface area (Å²) in [7, 11) is 1.53. The summed E-state index contributed by atoms with van der Waals surface area (Å²) in [5.74, 6) is -0.0920. The van der Waals surface area contributed by atoms with Gasteiger partial charge in [-0.1, -0.05) is 18.7 Å². The Labute approximate surface area is 248 Å². The SMILES string of the molecule is C=CC(=O)N1CC(N/C=C(\C=N)c2nc(-c3ccc4c(c3)CCNCC4)c3ccsc3c2-c2ccc(F)cc2OC)C1. The van der Waals surface area contributed by atoms with Crippen LogP contribution in [0.15, 0.2) is 66.7 Å². The minimum atomic E-state index is -0.392. The Kier molecular flexibility index (Phi) is 7.86. The molecular formula is C33H32FN5O2S. The number of carbonyl (C=O) groups is 1. The van der Waals surface area contributed by atoms with Gasteiger partial charge >= 0.3 is 0 Å². The highest BCUT2D eigenvalue weighted by Gasteiger charge is 2.29. The Bertz CT molecular complexity index is 1720. The fraction of sp³-hybridized carbons (Fsp3) is 0.242. The minimum absolute atomic E-state index is 0.0517. The van der Waals surface area contributed by atoms with E-state index in [4.69, 9.17) is 15.1 Å². The molecule has 7 nitrogen and oxygen atoms in total. The highest BCUT2D eigenvalue weighted by molar-refractivity contribution is 7.18. The van der Waals surface area contributed by atoms with Gasteiger partial charge in [-0.25, -0.2) is 9.37 Å². The molecule has 0 saturated carbocycles. The molecule has 4 heterocycles. The number of aromatic nitrogens is 1. The molecule has 1 amide bonds. The molecule has 0 radical (unpaired) electrons. The van der Waals surface area contributed by atoms with Crippen LogP contribution in [0.2, 0.25) is 0 Å². The van der Waals surface area contributed by atoms with Crippen molar-refractivity contribution in [2.24, 2.45) is 0 Å². The molecular weight excluding hydrogens is 549 g/mol. The lowest BCUT2D eigenvalue weighted by Crippen LogP contribution is -2.58. The summed E-state index contributed by atoms with van der Waals surface area (Å²) in [6.45, 7) is 6.58. The van der Waals surface area contributed by atoms with Crippen molar-refractivity contribution in [3.05, 3.63) is 89.3 Å². The maximum absolute atomic E-state index is 14.3. The van der Waals surface area contributed by atoms with E-state index in [2.05, 4.69) is 41.5 Å². The number of allylic oxidation sites excluding steroid dienone is 1. The van der Waals surface area contributed by atoms with Crippen LogP contribution in [0.5, 0.6) is 5.75 Å². The van der Waals surface area contributed by atoms with Crippen LogP contribution in [-0.4, -0.2) is 61.3 Å². The molecule has 214 valence electrons. The van der Waals surface area contributed by atoms with Crippen molar-refractivity contribution in [2.45, 2.75) is 18.9 Å². The fourth-order valence-electron chi connectivity index (χ4n) is 5.68. The lowest BCUT2D eigenvalue weighted by molar-refractivity contribution is -0.130. The summed E-state index contributed by atoms with van der Waals surface area (Å²) in [6.07, 6.45) is 6.34. The van der Waals surface area contributed by atoms with E-state index in [-0.39, 0.29) is 11.9 Å². The molecule has 0 spiro atoms. The van der Waals surface area contributed by atoms with E-state index < -0.39 is 5.82 Å². The van der Waals surface area contributed by atoms with Gasteiger partial charge < -0.3 is 25.7 Å². The molecule has 0 atom stereocenters. The lowest BCUT2D eigenvalue weighted by Gasteiger charge is -2.38. The highest BCUT2D eigenvalue weighted by Crippen LogP contribution is 2.44. The summed E-state index contributed by atoms with van der Waals surface area (Å²) in [6, 6.07) is 13.2. The first-order valence-corrected chi connectivity index (χ1v) is 14.8. The third-order valence-corrected chi connectivity index (χ3v) is 8.87. The van der Waals surface area contributed by atoms with Crippen LogP contribution in [0.25, 0.3) is 38.0 Å². The van der Waals surface area contributed by atoms with E-state index in [1.165, 1.54) is 42.7 Å². The van der Waals surface area contributed by atoms with Crippen LogP contribution in [0.1, 0.15) is 16.8 Å². The fourth-order valence-corrected chi connectivity index (χ4v) is 6.63. The average molecular weight is 582 g/mol. The van der Waals surface area contributed by atoms with Gasteiger partial charge in [0.1, 0.15) is 11.6 Å². The number of rotatable bonds is 8. The van der Waals surface area contributed by atoms with Crippen molar-refractivity contribution in [2.75, 3.05) is 33.3 Å². The quantitative estimate of drug-likeness (QED) is 0.190. The van der Waals surface area contributed by atoms with E-state index in [0.29, 0.717) is 35.7 Å². The number of amides is 1. The average Bonchev–Trinajstić information content (AvgIpc) is 3.35. The molecule has 2 aliphatic rings. The smallest absolute Gasteiger partial charge is 0.246 e. The van der Waals surface area contributed by atoms with Gasteiger partial charge in [0.25, 0.3) is 0 Å². The van der Waals surface area contributed by atoms with Crippen molar-refractivity contribution >= 4 is 39.1 Å². The maximum Gasteiger partial charge on any atom is 0.246 e. The number of ether oxygens (including phenoxy) is 1. The zero-order valence-corrected chi connectivity index (χ0v) is 24.2. The first-order valence-electron chi connectivity index (χ1n) is 14.0. The molecule has 4 aromatic rings. The zero-order valence-electron chi connectivity index (χ0n) is 23.4. The minimum Gasteiger partial charge on any atom is -0.496 e. The van der Waals surface area contributed by atoms with Crippen LogP contribution >= 0.6 is 11.3 Å². The van der Waals surface area contributed by atoms with E-state index in [1.54, 1.807) is 28.5 Å². The zero-order chi connectivity index (χ0) is 29.2. The molecule has 2 aromatic heterocycles. The van der Waals surface area contributed by atoms with Gasteiger partial charge in [0, 0.05) is 63.9 Å². The number of hydrogen-bond acceptors (Lipinski definition) is 7. The summed E-state index contributed by atoms with van der Waals surface area (Å²) in [4.78, 5) is 18.9. The number of hydrogen-bond donors (Lipinski definition) is 3. The number of methoxy groups -OCH3 is 1. The monoisotopic (exact) mass is 581 g/mol. The predicted octanol–water partition coefficient (Wildman–Crippen LogP) is 5.44. The molecule has 0 aliphatic carbocycles. The number of nitrogens with one attached hydrogen (secondary N) is 3. The van der Waals surface area contributed by atoms with Crippen LogP contribution in [0.4, 0.5) is 4.39 Å². The normalized spacial score (nSPS) is 15.5. The highest BCUT2D eigenvalue weighted by atomic mass is 32.1.